The molecule has 14 rings (SSSR count). The molecule has 14 nitrogen and oxygen atoms in total. The Labute approximate surface area is 605 Å². The molecule has 0 saturated carbocycles. The largest absolute Gasteiger partial charge is 0.343 e. The maximum absolute atomic E-state index is 13.6. The number of H-pyrrole nitrogens is 1. The summed E-state index contributed by atoms with van der Waals surface area (Å²) in [5.74, 6) is -1.01. The molecule has 5 aromatic heterocycles. The van der Waals surface area contributed by atoms with Crippen molar-refractivity contribution < 1.29 is 23.2 Å². The SMILES string of the molecule is CC(NC(=O)c1nn(-c2ccc(Cl)cc2Cl)c2c1CCCC/C2=C\c1ccc(F)cc1)c1ccccn1.C[C@@H](NC(=O)c1nn(-c2ccc(Cl)cc2Cl)c2c1CCCC/C2=C\c1ccc(F)cc1)c1ccccn1.O=C(c1[nH]nc2c1CCCC/C2=C\c1ccc(Cl)cc1)N1CCCCC1. The van der Waals surface area contributed by atoms with E-state index < -0.39 is 0 Å². The van der Waals surface area contributed by atoms with Gasteiger partial charge in [-0.2, -0.15) is 15.3 Å². The van der Waals surface area contributed by atoms with Crippen LogP contribution in [0, 0.1) is 11.6 Å². The molecule has 100 heavy (non-hydrogen) atoms. The second-order valence-electron chi connectivity index (χ2n) is 25.3. The van der Waals surface area contributed by atoms with Crippen LogP contribution in [0.25, 0.3) is 46.3 Å². The first-order chi connectivity index (χ1) is 48.5. The third kappa shape index (κ3) is 17.0. The Balaban J connectivity index is 0.000000145. The highest BCUT2D eigenvalue weighted by Gasteiger charge is 2.32. The lowest BCUT2D eigenvalue weighted by atomic mass is 10.0. The Morgan fingerprint density at radius 3 is 1.33 bits per heavy atom. The fourth-order valence-electron chi connectivity index (χ4n) is 13.2. The Morgan fingerprint density at radius 1 is 0.480 bits per heavy atom. The van der Waals surface area contributed by atoms with E-state index in [9.17, 15) is 23.2 Å². The van der Waals surface area contributed by atoms with E-state index in [2.05, 4.69) is 36.9 Å². The number of halogens is 7. The number of rotatable bonds is 12. The van der Waals surface area contributed by atoms with E-state index >= 15 is 0 Å². The van der Waals surface area contributed by atoms with Gasteiger partial charge in [0.2, 0.25) is 0 Å². The van der Waals surface area contributed by atoms with E-state index in [0.717, 1.165) is 168 Å². The first kappa shape index (κ1) is 70.8. The number of hydrogen-bond acceptors (Lipinski definition) is 8. The van der Waals surface area contributed by atoms with Gasteiger partial charge in [-0.3, -0.25) is 29.5 Å². The Kier molecular flexibility index (Phi) is 23.3. The van der Waals surface area contributed by atoms with Crippen molar-refractivity contribution in [2.24, 2.45) is 0 Å². The van der Waals surface area contributed by atoms with Crippen LogP contribution in [0.3, 0.4) is 0 Å². The van der Waals surface area contributed by atoms with Gasteiger partial charge in [-0.25, -0.2) is 18.1 Å². The Morgan fingerprint density at radius 2 is 0.890 bits per heavy atom. The number of carbonyl (C=O) groups excluding carboxylic acids is 3. The molecule has 6 heterocycles. The molecule has 0 spiro atoms. The van der Waals surface area contributed by atoms with Crippen LogP contribution >= 0.6 is 58.0 Å². The van der Waals surface area contributed by atoms with Gasteiger partial charge in [-0.1, -0.05) is 107 Å². The summed E-state index contributed by atoms with van der Waals surface area (Å²) >= 11 is 31.6. The molecule has 1 saturated heterocycles. The molecular weight excluding hydrogens is 1370 g/mol. The fraction of sp³-hybridized carbons (Fsp3) is 0.266. The zero-order valence-corrected chi connectivity index (χ0v) is 59.1. The summed E-state index contributed by atoms with van der Waals surface area (Å²) in [7, 11) is 0. The minimum Gasteiger partial charge on any atom is -0.343 e. The quantitative estimate of drug-likeness (QED) is 0.102. The molecule has 0 bridgehead atoms. The van der Waals surface area contributed by atoms with Crippen LogP contribution in [-0.4, -0.2) is 75.4 Å². The minimum absolute atomic E-state index is 0.117. The molecule has 512 valence electrons. The molecule has 21 heteroatoms. The van der Waals surface area contributed by atoms with Crippen LogP contribution in [0.2, 0.25) is 25.1 Å². The number of nitrogens with zero attached hydrogens (tertiary/aromatic N) is 8. The monoisotopic (exact) mass is 1440 g/mol. The van der Waals surface area contributed by atoms with Crippen LogP contribution in [0.1, 0.15) is 196 Å². The van der Waals surface area contributed by atoms with Crippen LogP contribution in [0.5, 0.6) is 0 Å². The molecule has 3 N–H and O–H groups in total. The average molecular weight is 1440 g/mol. The number of carbonyl (C=O) groups is 3. The highest BCUT2D eigenvalue weighted by atomic mass is 35.5. The van der Waals surface area contributed by atoms with E-state index in [1.165, 1.54) is 36.3 Å². The van der Waals surface area contributed by atoms with E-state index in [-0.39, 0.29) is 41.4 Å². The summed E-state index contributed by atoms with van der Waals surface area (Å²) in [6.07, 6.45) is 23.8. The summed E-state index contributed by atoms with van der Waals surface area (Å²) < 4.78 is 30.6. The van der Waals surface area contributed by atoms with Gasteiger partial charge in [-0.05, 0) is 259 Å². The van der Waals surface area contributed by atoms with Gasteiger partial charge in [0, 0.05) is 57.2 Å². The number of hydrogen-bond donors (Lipinski definition) is 3. The molecule has 10 aromatic rings. The number of aromatic nitrogens is 8. The van der Waals surface area contributed by atoms with Gasteiger partial charge >= 0.3 is 0 Å². The number of aromatic amines is 1. The zero-order valence-electron chi connectivity index (χ0n) is 55.4. The predicted molar refractivity (Wildman–Crippen MR) is 396 cm³/mol. The van der Waals surface area contributed by atoms with Gasteiger partial charge in [0.1, 0.15) is 17.3 Å². The van der Waals surface area contributed by atoms with Crippen molar-refractivity contribution >= 4 is 111 Å². The van der Waals surface area contributed by atoms with E-state index in [0.29, 0.717) is 61.4 Å². The number of piperidine rings is 1. The van der Waals surface area contributed by atoms with Crippen molar-refractivity contribution in [2.45, 2.75) is 122 Å². The first-order valence-electron chi connectivity index (χ1n) is 33.9. The average Bonchev–Trinajstić information content (AvgIpc) is 1.61. The molecule has 0 radical (unpaired) electrons. The van der Waals surface area contributed by atoms with Gasteiger partial charge in [0.05, 0.1) is 62.0 Å². The second kappa shape index (κ2) is 33.0. The molecular formula is C79H74Cl5F2N11O3. The highest BCUT2D eigenvalue weighted by molar-refractivity contribution is 6.36. The number of benzene rings is 5. The highest BCUT2D eigenvalue weighted by Crippen LogP contribution is 2.40. The lowest BCUT2D eigenvalue weighted by molar-refractivity contribution is 0.0716. The summed E-state index contributed by atoms with van der Waals surface area (Å²) in [5.41, 5.74) is 15.7. The number of allylic oxidation sites excluding steroid dienone is 3. The molecule has 3 aliphatic carbocycles. The van der Waals surface area contributed by atoms with E-state index in [4.69, 9.17) is 68.2 Å². The molecule has 3 amide bonds. The Bertz CT molecular complexity index is 4440. The zero-order chi connectivity index (χ0) is 69.8. The normalized spacial score (nSPS) is 16.2. The van der Waals surface area contributed by atoms with Crippen molar-refractivity contribution in [3.63, 3.8) is 0 Å². The number of nitrogens with one attached hydrogen (secondary N) is 3. The third-order valence-corrected chi connectivity index (χ3v) is 19.6. The number of pyridine rings is 2. The maximum atomic E-state index is 13.6. The van der Waals surface area contributed by atoms with E-state index in [1.807, 2.05) is 91.6 Å². The molecule has 4 aliphatic rings. The standard InChI is InChI=1S/2C29H25Cl2FN4O.C21H24ClN3O/c2*1-18(25-8-4-5-15-33-25)34-29(37)27-23-7-3-2-6-20(16-19-9-12-22(32)13-10-19)28(23)36(35-27)26-14-11-21(30)17-24(26)31;22-17-10-8-15(9-11-17)14-16-6-2-3-7-18-19(16)23-24-20(18)21(26)25-12-4-1-5-13-25/h2*4-5,8-18H,2-3,6-7H2,1H3,(H,34,37);8-11,14H,1-7,12-13H2,(H,23,24)/b2*20-16+;16-14+/t18-;;/m1../s1. The molecule has 1 fully saturated rings. The van der Waals surface area contributed by atoms with Crippen molar-refractivity contribution in [3.05, 3.63) is 274 Å². The van der Waals surface area contributed by atoms with Gasteiger partial charge in [-0.15, -0.1) is 0 Å². The fourth-order valence-corrected chi connectivity index (χ4v) is 14.3. The minimum atomic E-state index is -0.298. The number of amides is 3. The molecule has 5 aromatic carbocycles. The van der Waals surface area contributed by atoms with Gasteiger partial charge in [0.15, 0.2) is 11.4 Å². The number of likely N-dealkylation sites (tertiary alicyclic amines) is 1. The lowest BCUT2D eigenvalue weighted by Gasteiger charge is -2.26. The van der Waals surface area contributed by atoms with E-state index in [1.54, 1.807) is 82.4 Å². The first-order valence-corrected chi connectivity index (χ1v) is 35.8. The molecule has 1 unspecified atom stereocenters. The van der Waals surface area contributed by atoms with Crippen molar-refractivity contribution in [3.8, 4) is 11.4 Å². The topological polar surface area (TPSA) is 169 Å². The second-order valence-corrected chi connectivity index (χ2v) is 27.5. The van der Waals surface area contributed by atoms with Crippen LogP contribution in [0.4, 0.5) is 8.78 Å². The van der Waals surface area contributed by atoms with Crippen molar-refractivity contribution in [1.82, 2.24) is 55.3 Å². The van der Waals surface area contributed by atoms with Crippen LogP contribution in [0.15, 0.2) is 158 Å². The Hall–Kier alpha value is -9.03. The number of fused-ring (bicyclic) bond motifs is 3. The predicted octanol–water partition coefficient (Wildman–Crippen LogP) is 19.9. The van der Waals surface area contributed by atoms with Crippen LogP contribution in [-0.2, 0) is 19.3 Å². The van der Waals surface area contributed by atoms with Crippen molar-refractivity contribution in [1.29, 1.82) is 0 Å². The van der Waals surface area contributed by atoms with Gasteiger partial charge < -0.3 is 15.5 Å². The molecule has 2 atom stereocenters. The maximum Gasteiger partial charge on any atom is 0.272 e. The summed E-state index contributed by atoms with van der Waals surface area (Å²) in [4.78, 5) is 50.8. The van der Waals surface area contributed by atoms with Gasteiger partial charge in [0.25, 0.3) is 17.7 Å². The smallest absolute Gasteiger partial charge is 0.272 e. The lowest BCUT2D eigenvalue weighted by Crippen LogP contribution is -2.36. The van der Waals surface area contributed by atoms with Crippen molar-refractivity contribution in [2.75, 3.05) is 13.1 Å². The molecule has 1 aliphatic heterocycles. The summed E-state index contributed by atoms with van der Waals surface area (Å²) in [5, 5.41) is 25.9. The van der Waals surface area contributed by atoms with Crippen LogP contribution < -0.4 is 10.6 Å². The third-order valence-electron chi connectivity index (χ3n) is 18.3. The summed E-state index contributed by atoms with van der Waals surface area (Å²) in [6.45, 7) is 5.51. The summed E-state index contributed by atoms with van der Waals surface area (Å²) in [6, 6.07) is 41.6.